The van der Waals surface area contributed by atoms with Crippen LogP contribution in [-0.4, -0.2) is 42.1 Å². The Kier molecular flexibility index (Phi) is 6.86. The topological polar surface area (TPSA) is 94.3 Å². The van der Waals surface area contributed by atoms with Crippen LogP contribution in [0.5, 0.6) is 0 Å². The summed E-state index contributed by atoms with van der Waals surface area (Å²) in [6.07, 6.45) is 1.35. The molecule has 0 radical (unpaired) electrons. The molecule has 1 aliphatic rings. The maximum atomic E-state index is 13.1. The summed E-state index contributed by atoms with van der Waals surface area (Å²) in [6.45, 7) is 7.33. The van der Waals surface area contributed by atoms with Gasteiger partial charge in [-0.05, 0) is 44.5 Å². The van der Waals surface area contributed by atoms with Gasteiger partial charge in [-0.25, -0.2) is 4.79 Å². The molecule has 180 valence electrons. The second kappa shape index (κ2) is 9.68. The summed E-state index contributed by atoms with van der Waals surface area (Å²) in [5.41, 5.74) is 2.13. The van der Waals surface area contributed by atoms with Crippen molar-refractivity contribution in [2.75, 3.05) is 0 Å². The zero-order valence-corrected chi connectivity index (χ0v) is 20.7. The number of ether oxygens (including phenoxy) is 1. The zero-order valence-electron chi connectivity index (χ0n) is 19.2. The third kappa shape index (κ3) is 5.71. The highest BCUT2D eigenvalue weighted by atomic mass is 35.5. The van der Waals surface area contributed by atoms with E-state index in [1.807, 2.05) is 32.9 Å². The van der Waals surface area contributed by atoms with Gasteiger partial charge in [0.1, 0.15) is 5.60 Å². The summed E-state index contributed by atoms with van der Waals surface area (Å²) < 4.78 is 8.99. The predicted molar refractivity (Wildman–Crippen MR) is 128 cm³/mol. The van der Waals surface area contributed by atoms with Gasteiger partial charge in [0, 0.05) is 23.3 Å². The molecular formula is C23H26Cl2N6O3. The summed E-state index contributed by atoms with van der Waals surface area (Å²) in [6, 6.07) is 8.95. The van der Waals surface area contributed by atoms with Gasteiger partial charge in [0.15, 0.2) is 10.8 Å². The number of aryl methyl sites for hydroxylation is 2. The first-order chi connectivity index (χ1) is 16.1. The van der Waals surface area contributed by atoms with Gasteiger partial charge in [-0.15, -0.1) is 0 Å². The first-order valence-corrected chi connectivity index (χ1v) is 11.6. The highest BCUT2D eigenvalue weighted by Gasteiger charge is 2.34. The third-order valence-corrected chi connectivity index (χ3v) is 5.69. The molecule has 0 spiro atoms. The Morgan fingerprint density at radius 1 is 1.06 bits per heavy atom. The van der Waals surface area contributed by atoms with Gasteiger partial charge in [-0.2, -0.15) is 10.2 Å². The molecule has 0 bridgehead atoms. The summed E-state index contributed by atoms with van der Waals surface area (Å²) in [4.78, 5) is 27.3. The molecule has 34 heavy (non-hydrogen) atoms. The van der Waals surface area contributed by atoms with E-state index in [0.717, 1.165) is 16.8 Å². The fourth-order valence-corrected chi connectivity index (χ4v) is 3.93. The number of aromatic nitrogens is 4. The van der Waals surface area contributed by atoms with E-state index in [4.69, 9.17) is 27.9 Å². The first kappa shape index (κ1) is 24.1. The quantitative estimate of drug-likeness (QED) is 0.540. The van der Waals surface area contributed by atoms with Gasteiger partial charge in [0.25, 0.3) is 5.91 Å². The largest absolute Gasteiger partial charge is 0.444 e. The lowest BCUT2D eigenvalue weighted by Crippen LogP contribution is -2.34. The van der Waals surface area contributed by atoms with E-state index in [9.17, 15) is 9.59 Å². The van der Waals surface area contributed by atoms with Crippen LogP contribution in [0.3, 0.4) is 0 Å². The van der Waals surface area contributed by atoms with Crippen LogP contribution in [-0.2, 0) is 37.5 Å². The molecule has 3 aromatic rings. The molecule has 2 amide bonds. The summed E-state index contributed by atoms with van der Waals surface area (Å²) in [5.74, 6) is -0.307. The van der Waals surface area contributed by atoms with Gasteiger partial charge in [-0.3, -0.25) is 19.1 Å². The van der Waals surface area contributed by atoms with Crippen LogP contribution in [0, 0.1) is 0 Å². The van der Waals surface area contributed by atoms with Crippen molar-refractivity contribution in [2.24, 2.45) is 0 Å². The van der Waals surface area contributed by atoms with Crippen molar-refractivity contribution in [1.82, 2.24) is 29.8 Å². The molecule has 9 nitrogen and oxygen atoms in total. The van der Waals surface area contributed by atoms with Crippen LogP contribution in [0.15, 0.2) is 36.5 Å². The lowest BCUT2D eigenvalue weighted by molar-refractivity contribution is 0.0237. The number of benzene rings is 1. The van der Waals surface area contributed by atoms with Crippen LogP contribution < -0.4 is 5.32 Å². The number of hydrogen-bond acceptors (Lipinski definition) is 5. The summed E-state index contributed by atoms with van der Waals surface area (Å²) in [5, 5.41) is 12.7. The van der Waals surface area contributed by atoms with Crippen LogP contribution in [0.1, 0.15) is 48.1 Å². The van der Waals surface area contributed by atoms with Gasteiger partial charge in [-0.1, -0.05) is 35.3 Å². The van der Waals surface area contributed by atoms with Crippen molar-refractivity contribution in [3.63, 3.8) is 0 Å². The lowest BCUT2D eigenvalue weighted by Gasteiger charge is -2.24. The zero-order chi connectivity index (χ0) is 24.5. The van der Waals surface area contributed by atoms with E-state index in [0.29, 0.717) is 42.0 Å². The average Bonchev–Trinajstić information content (AvgIpc) is 3.46. The maximum Gasteiger partial charge on any atom is 0.410 e. The number of carbonyl (C=O) groups is 2. The fourth-order valence-electron chi connectivity index (χ4n) is 3.65. The molecule has 0 saturated heterocycles. The van der Waals surface area contributed by atoms with Crippen molar-refractivity contribution < 1.29 is 14.3 Å². The Morgan fingerprint density at radius 3 is 2.44 bits per heavy atom. The number of nitrogens with zero attached hydrogens (tertiary/aromatic N) is 5. The number of carbonyl (C=O) groups excluding carboxylic acids is 2. The van der Waals surface area contributed by atoms with Gasteiger partial charge >= 0.3 is 6.09 Å². The molecule has 11 heteroatoms. The molecule has 0 unspecified atom stereocenters. The molecule has 1 N–H and O–H groups in total. The Bertz CT molecular complexity index is 1200. The van der Waals surface area contributed by atoms with Crippen molar-refractivity contribution in [3.05, 3.63) is 69.2 Å². The minimum absolute atomic E-state index is 0.252. The van der Waals surface area contributed by atoms with E-state index in [1.54, 1.807) is 38.7 Å². The third-order valence-electron chi connectivity index (χ3n) is 5.24. The second-order valence-corrected chi connectivity index (χ2v) is 9.87. The monoisotopic (exact) mass is 504 g/mol. The standard InChI is InChI=1S/C23H26Cl2N6O3/c1-23(2,3)34-22(33)29-13-17-18(14-29)31(11-10-30-9-8-19(25)27-30)28-20(17)21(32)26-12-15-4-6-16(24)7-5-15/h4-9H,10-14H2,1-3H3,(H,26,32). The number of halogens is 2. The van der Waals surface area contributed by atoms with E-state index >= 15 is 0 Å². The van der Waals surface area contributed by atoms with E-state index in [1.165, 1.54) is 0 Å². The van der Waals surface area contributed by atoms with Gasteiger partial charge in [0.2, 0.25) is 0 Å². The molecule has 0 saturated carbocycles. The SMILES string of the molecule is CC(C)(C)OC(=O)N1Cc2c(C(=O)NCc3ccc(Cl)cc3)nn(CCn3ccc(Cl)n3)c2C1. The van der Waals surface area contributed by atoms with E-state index in [2.05, 4.69) is 15.5 Å². The van der Waals surface area contributed by atoms with Crippen molar-refractivity contribution in [2.45, 2.75) is 59.1 Å². The molecule has 4 rings (SSSR count). The number of amides is 2. The average molecular weight is 505 g/mol. The normalized spacial score (nSPS) is 13.1. The van der Waals surface area contributed by atoms with Crippen molar-refractivity contribution in [3.8, 4) is 0 Å². The molecule has 0 fully saturated rings. The Hall–Kier alpha value is -3.04. The van der Waals surface area contributed by atoms with Gasteiger partial charge < -0.3 is 10.1 Å². The maximum absolute atomic E-state index is 13.1. The van der Waals surface area contributed by atoms with E-state index < -0.39 is 11.7 Å². The molecular weight excluding hydrogens is 479 g/mol. The molecule has 0 aliphatic carbocycles. The smallest absolute Gasteiger partial charge is 0.410 e. The molecule has 0 atom stereocenters. The number of rotatable bonds is 6. The van der Waals surface area contributed by atoms with Crippen LogP contribution in [0.2, 0.25) is 10.2 Å². The predicted octanol–water partition coefficient (Wildman–Crippen LogP) is 4.27. The minimum atomic E-state index is -0.615. The molecule has 2 aromatic heterocycles. The van der Waals surface area contributed by atoms with Crippen LogP contribution in [0.4, 0.5) is 4.79 Å². The second-order valence-electron chi connectivity index (χ2n) is 9.04. The Morgan fingerprint density at radius 2 is 1.79 bits per heavy atom. The Labute approximate surface area is 207 Å². The van der Waals surface area contributed by atoms with Crippen molar-refractivity contribution in [1.29, 1.82) is 0 Å². The highest BCUT2D eigenvalue weighted by Crippen LogP contribution is 2.28. The molecule has 1 aliphatic heterocycles. The van der Waals surface area contributed by atoms with Gasteiger partial charge in [0.05, 0.1) is 31.9 Å². The lowest BCUT2D eigenvalue weighted by atomic mass is 10.2. The summed E-state index contributed by atoms with van der Waals surface area (Å²) >= 11 is 11.8. The van der Waals surface area contributed by atoms with E-state index in [-0.39, 0.29) is 12.5 Å². The first-order valence-electron chi connectivity index (χ1n) is 10.9. The minimum Gasteiger partial charge on any atom is -0.444 e. The molecule has 1 aromatic carbocycles. The number of nitrogens with one attached hydrogen (secondary N) is 1. The summed E-state index contributed by atoms with van der Waals surface area (Å²) in [7, 11) is 0. The number of fused-ring (bicyclic) bond motifs is 1. The van der Waals surface area contributed by atoms with Crippen LogP contribution >= 0.6 is 23.2 Å². The van der Waals surface area contributed by atoms with Crippen molar-refractivity contribution >= 4 is 35.2 Å². The fraction of sp³-hybridized carbons (Fsp3) is 0.391. The highest BCUT2D eigenvalue weighted by molar-refractivity contribution is 6.30. The molecule has 3 heterocycles. The van der Waals surface area contributed by atoms with Crippen LogP contribution in [0.25, 0.3) is 0 Å². The number of hydrogen-bond donors (Lipinski definition) is 1. The Balaban J connectivity index is 1.53.